The Hall–Kier alpha value is -3.61. The van der Waals surface area contributed by atoms with Gasteiger partial charge < -0.3 is 0 Å². The minimum Gasteiger partial charge on any atom is -0.299 e. The third kappa shape index (κ3) is 4.49. The van der Waals surface area contributed by atoms with Gasteiger partial charge in [0.05, 0.1) is 10.9 Å². The van der Waals surface area contributed by atoms with E-state index in [0.29, 0.717) is 36.0 Å². The zero-order valence-corrected chi connectivity index (χ0v) is 19.1. The van der Waals surface area contributed by atoms with Gasteiger partial charge in [-0.25, -0.2) is 4.98 Å². The first-order valence-corrected chi connectivity index (χ1v) is 11.1. The lowest BCUT2D eigenvalue weighted by molar-refractivity contribution is -0.140. The summed E-state index contributed by atoms with van der Waals surface area (Å²) in [6.45, 7) is 5.35. The number of aromatic nitrogens is 2. The highest BCUT2D eigenvalue weighted by molar-refractivity contribution is 6.01. The summed E-state index contributed by atoms with van der Waals surface area (Å²) >= 11 is 0. The van der Waals surface area contributed by atoms with Crippen LogP contribution < -0.4 is 10.9 Å². The van der Waals surface area contributed by atoms with Crippen molar-refractivity contribution in [1.82, 2.24) is 14.9 Å². The summed E-state index contributed by atoms with van der Waals surface area (Å²) in [6, 6.07) is 13.3. The van der Waals surface area contributed by atoms with Crippen molar-refractivity contribution in [2.75, 3.05) is 0 Å². The highest BCUT2D eigenvalue weighted by atomic mass is 16.2. The number of Topliss-reactive ketones (excluding diaryl/α,β-unsaturated/α-hetero) is 1. The Balaban J connectivity index is 1.59. The van der Waals surface area contributed by atoms with Crippen molar-refractivity contribution in [3.8, 4) is 0 Å². The summed E-state index contributed by atoms with van der Waals surface area (Å²) in [4.78, 5) is 54.7. The number of carbonyl (C=O) groups is 3. The number of nitrogens with one attached hydrogen (secondary N) is 1. The standard InChI is InChI=1S/C26H27N3O4/c1-16-5-4-6-19(13-16)14-20(30)9-7-18-8-10-22-21(15-18)24(32)29(17(2)27-22)26(3)12-11-23(31)28-25(26)33/h4-6,8,10,13,15H,7,9,11-12,14H2,1-3H3,(H,28,31,33)/t26-/m1/s1. The van der Waals surface area contributed by atoms with Gasteiger partial charge in [-0.1, -0.05) is 35.9 Å². The first kappa shape index (κ1) is 22.6. The second kappa shape index (κ2) is 8.73. The van der Waals surface area contributed by atoms with Crippen molar-refractivity contribution in [2.24, 2.45) is 0 Å². The number of ketones is 1. The van der Waals surface area contributed by atoms with E-state index in [4.69, 9.17) is 0 Å². The van der Waals surface area contributed by atoms with Gasteiger partial charge in [0.25, 0.3) is 11.5 Å². The molecule has 170 valence electrons. The molecule has 2 aromatic carbocycles. The highest BCUT2D eigenvalue weighted by Gasteiger charge is 2.42. The molecule has 0 spiro atoms. The maximum atomic E-state index is 13.4. The lowest BCUT2D eigenvalue weighted by atomic mass is 9.90. The maximum Gasteiger partial charge on any atom is 0.262 e. The van der Waals surface area contributed by atoms with Crippen molar-refractivity contribution < 1.29 is 14.4 Å². The summed E-state index contributed by atoms with van der Waals surface area (Å²) in [5, 5.41) is 2.73. The van der Waals surface area contributed by atoms with E-state index in [1.54, 1.807) is 26.0 Å². The van der Waals surface area contributed by atoms with Crippen molar-refractivity contribution in [1.29, 1.82) is 0 Å². The van der Waals surface area contributed by atoms with Gasteiger partial charge in [-0.05, 0) is 56.9 Å². The first-order valence-electron chi connectivity index (χ1n) is 11.1. The predicted octanol–water partition coefficient (Wildman–Crippen LogP) is 2.91. The molecule has 1 aliphatic heterocycles. The molecule has 4 rings (SSSR count). The monoisotopic (exact) mass is 445 g/mol. The van der Waals surface area contributed by atoms with Crippen LogP contribution in [0, 0.1) is 13.8 Å². The second-order valence-corrected chi connectivity index (χ2v) is 9.01. The van der Waals surface area contributed by atoms with Crippen LogP contribution in [0.5, 0.6) is 0 Å². The molecule has 0 bridgehead atoms. The van der Waals surface area contributed by atoms with E-state index in [1.807, 2.05) is 37.3 Å². The third-order valence-electron chi connectivity index (χ3n) is 6.35. The molecule has 33 heavy (non-hydrogen) atoms. The van der Waals surface area contributed by atoms with Crippen LogP contribution in [0.3, 0.4) is 0 Å². The molecule has 7 heteroatoms. The number of imide groups is 1. The fourth-order valence-corrected chi connectivity index (χ4v) is 4.51. The van der Waals surface area contributed by atoms with Crippen LogP contribution >= 0.6 is 0 Å². The number of aryl methyl sites for hydroxylation is 3. The normalized spacial score (nSPS) is 18.4. The highest BCUT2D eigenvalue weighted by Crippen LogP contribution is 2.27. The van der Waals surface area contributed by atoms with E-state index in [2.05, 4.69) is 10.3 Å². The van der Waals surface area contributed by atoms with Crippen LogP contribution in [0.4, 0.5) is 0 Å². The van der Waals surface area contributed by atoms with Crippen LogP contribution in [-0.4, -0.2) is 27.1 Å². The summed E-state index contributed by atoms with van der Waals surface area (Å²) < 4.78 is 1.39. The number of piperidine rings is 1. The molecule has 1 aliphatic rings. The fraction of sp³-hybridized carbons (Fsp3) is 0.346. The Morgan fingerprint density at radius 3 is 2.61 bits per heavy atom. The summed E-state index contributed by atoms with van der Waals surface area (Å²) in [6.07, 6.45) is 1.67. The summed E-state index contributed by atoms with van der Waals surface area (Å²) in [5.41, 5.74) is 2.02. The number of rotatable bonds is 6. The third-order valence-corrected chi connectivity index (χ3v) is 6.35. The van der Waals surface area contributed by atoms with E-state index >= 15 is 0 Å². The van der Waals surface area contributed by atoms with Gasteiger partial charge in [0, 0.05) is 19.3 Å². The SMILES string of the molecule is Cc1cccc(CC(=O)CCc2ccc3nc(C)n([C@]4(C)CCC(=O)NC4=O)c(=O)c3c2)c1. The molecule has 1 aromatic heterocycles. The smallest absolute Gasteiger partial charge is 0.262 e. The molecule has 0 radical (unpaired) electrons. The number of fused-ring (bicyclic) bond motifs is 1. The summed E-state index contributed by atoms with van der Waals surface area (Å²) in [7, 11) is 0. The van der Waals surface area contributed by atoms with Crippen LogP contribution in [0.15, 0.2) is 47.3 Å². The average molecular weight is 446 g/mol. The number of nitrogens with zero attached hydrogens (tertiary/aromatic N) is 2. The van der Waals surface area contributed by atoms with E-state index in [0.717, 1.165) is 16.7 Å². The van der Waals surface area contributed by atoms with E-state index in [9.17, 15) is 19.2 Å². The molecular formula is C26H27N3O4. The molecule has 0 aliphatic carbocycles. The van der Waals surface area contributed by atoms with Gasteiger partial charge in [-0.2, -0.15) is 0 Å². The van der Waals surface area contributed by atoms with E-state index in [-0.39, 0.29) is 30.1 Å². The van der Waals surface area contributed by atoms with Crippen LogP contribution in [0.25, 0.3) is 10.9 Å². The number of carbonyl (C=O) groups excluding carboxylic acids is 3. The van der Waals surface area contributed by atoms with Gasteiger partial charge in [0.15, 0.2) is 0 Å². The maximum absolute atomic E-state index is 13.4. The van der Waals surface area contributed by atoms with Crippen molar-refractivity contribution in [2.45, 2.75) is 58.4 Å². The Labute approximate surface area is 191 Å². The molecule has 2 amide bonds. The van der Waals surface area contributed by atoms with Crippen LogP contribution in [0.2, 0.25) is 0 Å². The zero-order chi connectivity index (χ0) is 23.8. The van der Waals surface area contributed by atoms with Crippen LogP contribution in [0.1, 0.15) is 48.7 Å². The van der Waals surface area contributed by atoms with Gasteiger partial charge in [-0.15, -0.1) is 0 Å². The lowest BCUT2D eigenvalue weighted by Gasteiger charge is -2.34. The minimum absolute atomic E-state index is 0.135. The van der Waals surface area contributed by atoms with E-state index in [1.165, 1.54) is 4.57 Å². The Morgan fingerprint density at radius 1 is 1.09 bits per heavy atom. The van der Waals surface area contributed by atoms with Gasteiger partial charge in [0.1, 0.15) is 17.1 Å². The summed E-state index contributed by atoms with van der Waals surface area (Å²) in [5.74, 6) is -0.283. The first-order chi connectivity index (χ1) is 15.7. The van der Waals surface area contributed by atoms with Crippen LogP contribution in [-0.2, 0) is 32.8 Å². The average Bonchev–Trinajstić information content (AvgIpc) is 2.75. The number of amides is 2. The largest absolute Gasteiger partial charge is 0.299 e. The van der Waals surface area contributed by atoms with Gasteiger partial charge in [0.2, 0.25) is 5.91 Å². The van der Waals surface area contributed by atoms with Crippen molar-refractivity contribution in [3.05, 3.63) is 75.3 Å². The topological polar surface area (TPSA) is 98.1 Å². The molecule has 2 heterocycles. The predicted molar refractivity (Wildman–Crippen MR) is 125 cm³/mol. The molecule has 1 N–H and O–H groups in total. The van der Waals surface area contributed by atoms with Crippen molar-refractivity contribution >= 4 is 28.5 Å². The molecule has 3 aromatic rings. The molecule has 1 fully saturated rings. The van der Waals surface area contributed by atoms with Gasteiger partial charge >= 0.3 is 0 Å². The second-order valence-electron chi connectivity index (χ2n) is 9.01. The molecule has 0 saturated carbocycles. The van der Waals surface area contributed by atoms with Gasteiger partial charge in [-0.3, -0.25) is 29.1 Å². The molecule has 1 atom stereocenters. The quantitative estimate of drug-likeness (QED) is 0.589. The number of benzene rings is 2. The fourth-order valence-electron chi connectivity index (χ4n) is 4.51. The Kier molecular flexibility index (Phi) is 5.97. The Morgan fingerprint density at radius 2 is 1.88 bits per heavy atom. The minimum atomic E-state index is -1.18. The lowest BCUT2D eigenvalue weighted by Crippen LogP contribution is -2.56. The van der Waals surface area contributed by atoms with E-state index < -0.39 is 11.4 Å². The number of hydrogen-bond acceptors (Lipinski definition) is 5. The molecule has 0 unspecified atom stereocenters. The number of hydrogen-bond donors (Lipinski definition) is 1. The Bertz CT molecular complexity index is 1340. The van der Waals surface area contributed by atoms with Crippen molar-refractivity contribution in [3.63, 3.8) is 0 Å². The molecule has 1 saturated heterocycles. The zero-order valence-electron chi connectivity index (χ0n) is 19.1. The molecule has 7 nitrogen and oxygen atoms in total. The molecular weight excluding hydrogens is 418 g/mol.